The van der Waals surface area contributed by atoms with Gasteiger partial charge in [0, 0.05) is 116 Å². The fraction of sp³-hybridized carbons (Fsp3) is 0.281. The van der Waals surface area contributed by atoms with E-state index in [0.29, 0.717) is 34.3 Å². The molecule has 508 valence electrons. The molecular weight excluding hydrogens is 1290 g/mol. The molecule has 0 bridgehead atoms. The van der Waals surface area contributed by atoms with Gasteiger partial charge in [-0.3, -0.25) is 110 Å². The number of imidazole rings is 2. The van der Waals surface area contributed by atoms with E-state index in [1.54, 1.807) is 9.13 Å². The first kappa shape index (κ1) is 79.0. The van der Waals surface area contributed by atoms with E-state index in [2.05, 4.69) is 9.97 Å². The summed E-state index contributed by atoms with van der Waals surface area (Å²) in [7, 11) is -7.82. The number of rotatable bonds is 10. The van der Waals surface area contributed by atoms with Crippen molar-refractivity contribution in [1.29, 1.82) is 0 Å². The molecule has 96 heavy (non-hydrogen) atoms. The molecule has 5 aromatic carbocycles. The van der Waals surface area contributed by atoms with Gasteiger partial charge in [0.2, 0.25) is 82.7 Å². The third-order valence-electron chi connectivity index (χ3n) is 13.5. The van der Waals surface area contributed by atoms with Gasteiger partial charge < -0.3 is 0 Å². The lowest BCUT2D eigenvalue weighted by atomic mass is 10.0. The highest BCUT2D eigenvalue weighted by molar-refractivity contribution is 7.86. The van der Waals surface area contributed by atoms with Crippen LogP contribution in [0.5, 0.6) is 0 Å². The van der Waals surface area contributed by atoms with E-state index in [-0.39, 0.29) is 36.2 Å². The number of amides is 12. The van der Waals surface area contributed by atoms with Crippen molar-refractivity contribution in [2.24, 2.45) is 0 Å². The maximum atomic E-state index is 12.0. The second-order valence-corrected chi connectivity index (χ2v) is 22.5. The van der Waals surface area contributed by atoms with Gasteiger partial charge >= 0.3 is 10.6 Å². The van der Waals surface area contributed by atoms with Crippen molar-refractivity contribution in [3.05, 3.63) is 115 Å². The standard InChI is InChI=1S/C20H18N4O2.C20H20N2O7S.C14H16N2O4.C10H16N2O4.O3S/c1-11-21-17-7-5-15(9-19(17)23(11)13(3)25)16-6-8-18-20(10-16)24(14(4)26)12(2)22-18;1-12(23)21(13(2)24)17-7-5-16(6-8-17)19-10-9-18(11-20(19)30(27,28)29)22(14(3)25)15(4)26;1-9(17)15(10(2)18)13-5-7-14(8-6-13)16(11(3)19)12(4)20;1-7(13)11(8(2)14)5-6-12(9(3)15)10(4)16;1-4(2)3/h5-10H,1-4H3;5-11H,1-4H3,(H,27,28,29);5-8H,1-4H3;5-6H2,1-4H3;. The molecule has 12 amide bonds. The zero-order chi connectivity index (χ0) is 73.3. The van der Waals surface area contributed by atoms with Crippen LogP contribution >= 0.6 is 0 Å². The molecule has 32 heteroatoms. The van der Waals surface area contributed by atoms with Gasteiger partial charge in [0.05, 0.1) is 44.8 Å². The number of aryl methyl sites for hydroxylation is 2. The number of carbonyl (C=O) groups excluding carboxylic acids is 14. The van der Waals surface area contributed by atoms with Crippen LogP contribution < -0.4 is 19.6 Å². The Balaban J connectivity index is 0.000000335. The van der Waals surface area contributed by atoms with E-state index in [9.17, 15) is 80.1 Å². The summed E-state index contributed by atoms with van der Waals surface area (Å²) in [5, 5.41) is 0. The van der Waals surface area contributed by atoms with Crippen molar-refractivity contribution < 1.29 is 92.7 Å². The third-order valence-corrected chi connectivity index (χ3v) is 14.4. The number of aromatic nitrogens is 4. The summed E-state index contributed by atoms with van der Waals surface area (Å²) in [6.07, 6.45) is 0. The summed E-state index contributed by atoms with van der Waals surface area (Å²) in [5.74, 6) is -4.21. The highest BCUT2D eigenvalue weighted by Crippen LogP contribution is 2.34. The fourth-order valence-corrected chi connectivity index (χ4v) is 10.5. The molecule has 0 radical (unpaired) electrons. The molecule has 0 aliphatic heterocycles. The summed E-state index contributed by atoms with van der Waals surface area (Å²) >= 11 is 0. The van der Waals surface area contributed by atoms with Crippen molar-refractivity contribution in [1.82, 2.24) is 28.9 Å². The highest BCUT2D eigenvalue weighted by Gasteiger charge is 2.26. The maximum Gasteiger partial charge on any atom is 0.425 e. The number of benzene rings is 5. The monoisotopic (exact) mass is 1360 g/mol. The van der Waals surface area contributed by atoms with Gasteiger partial charge in [0.25, 0.3) is 10.1 Å². The Morgan fingerprint density at radius 3 is 0.875 bits per heavy atom. The van der Waals surface area contributed by atoms with Crippen molar-refractivity contribution in [3.63, 3.8) is 0 Å². The minimum atomic E-state index is -4.71. The van der Waals surface area contributed by atoms with E-state index < -0.39 is 96.5 Å². The van der Waals surface area contributed by atoms with Crippen LogP contribution in [0.25, 0.3) is 44.3 Å². The molecule has 0 atom stereocenters. The van der Waals surface area contributed by atoms with Crippen LogP contribution in [-0.4, -0.2) is 150 Å². The molecule has 0 unspecified atom stereocenters. The molecule has 0 aliphatic carbocycles. The zero-order valence-corrected chi connectivity index (χ0v) is 56.9. The lowest BCUT2D eigenvalue weighted by Crippen LogP contribution is -2.43. The van der Waals surface area contributed by atoms with Crippen molar-refractivity contribution in [3.8, 4) is 22.3 Å². The number of carbonyl (C=O) groups is 14. The van der Waals surface area contributed by atoms with Crippen LogP contribution in [0, 0.1) is 13.8 Å². The van der Waals surface area contributed by atoms with Crippen LogP contribution in [0.15, 0.2) is 108 Å². The lowest BCUT2D eigenvalue weighted by molar-refractivity contribution is -0.147. The Kier molecular flexibility index (Phi) is 28.0. The Morgan fingerprint density at radius 1 is 0.375 bits per heavy atom. The van der Waals surface area contributed by atoms with Crippen molar-refractivity contribution >= 4 is 148 Å². The van der Waals surface area contributed by atoms with E-state index in [4.69, 9.17) is 12.6 Å². The van der Waals surface area contributed by atoms with Gasteiger partial charge in [-0.15, -0.1) is 12.6 Å². The molecule has 0 saturated carbocycles. The molecule has 0 spiro atoms. The van der Waals surface area contributed by atoms with E-state index in [1.807, 2.05) is 50.2 Å². The van der Waals surface area contributed by atoms with Crippen LogP contribution in [0.4, 0.5) is 22.7 Å². The number of fused-ring (bicyclic) bond motifs is 2. The Bertz CT molecular complexity index is 4250. The molecule has 0 aliphatic rings. The number of hydrogen-bond acceptors (Lipinski definition) is 21. The Morgan fingerprint density at radius 2 is 0.625 bits per heavy atom. The molecular formula is C64H70N10O20S2. The van der Waals surface area contributed by atoms with Crippen LogP contribution in [0.1, 0.15) is 118 Å². The number of imide groups is 6. The number of hydrogen-bond donors (Lipinski definition) is 1. The number of anilines is 4. The van der Waals surface area contributed by atoms with Crippen molar-refractivity contribution in [2.75, 3.05) is 32.7 Å². The first-order valence-corrected chi connectivity index (χ1v) is 30.8. The molecule has 0 saturated heterocycles. The van der Waals surface area contributed by atoms with E-state index >= 15 is 0 Å². The smallest absolute Gasteiger partial charge is 0.282 e. The SMILES string of the molecule is CC(=O)N(C(C)=O)c1ccc(-c2ccc(N(C(C)=O)C(C)=O)cc2S(=O)(=O)O)cc1.CC(=O)N(C(C)=O)c1ccc(N(C(C)=O)C(C)=O)cc1.CC(=O)N(CCN(C(C)=O)C(C)=O)C(C)=O.CC(=O)n1c(C)nc2ccc(-c3ccc4nc(C)n(C(C)=O)c4c3)cc21.O=S(=O)=O. The van der Waals surface area contributed by atoms with Crippen molar-refractivity contribution in [2.45, 2.75) is 116 Å². The Labute approximate surface area is 552 Å². The topological polar surface area (TPSA) is 400 Å². The molecule has 7 rings (SSSR count). The van der Waals surface area contributed by atoms with Gasteiger partial charge in [-0.1, -0.05) is 30.3 Å². The van der Waals surface area contributed by atoms with E-state index in [0.717, 1.165) is 82.5 Å². The first-order chi connectivity index (χ1) is 44.5. The Hall–Kier alpha value is -11.3. The molecule has 1 N–H and O–H groups in total. The van der Waals surface area contributed by atoms with Gasteiger partial charge in [0.1, 0.15) is 16.5 Å². The third kappa shape index (κ3) is 20.9. The minimum absolute atomic E-state index is 0.0117. The highest BCUT2D eigenvalue weighted by atomic mass is 32.2. The van der Waals surface area contributed by atoms with Gasteiger partial charge in [0.15, 0.2) is 0 Å². The quantitative estimate of drug-likeness (QED) is 0.140. The summed E-state index contributed by atoms with van der Waals surface area (Å²) < 4.78 is 62.2. The summed E-state index contributed by atoms with van der Waals surface area (Å²) in [6, 6.07) is 27.3. The molecule has 2 aromatic heterocycles. The van der Waals surface area contributed by atoms with Crippen LogP contribution in [0.2, 0.25) is 0 Å². The predicted octanol–water partition coefficient (Wildman–Crippen LogP) is 6.65. The summed E-state index contributed by atoms with van der Waals surface area (Å²) in [4.78, 5) is 175. The molecule has 30 nitrogen and oxygen atoms in total. The van der Waals surface area contributed by atoms with Crippen LogP contribution in [0.3, 0.4) is 0 Å². The summed E-state index contributed by atoms with van der Waals surface area (Å²) in [6.45, 7) is 21.7. The normalized spacial score (nSPS) is 10.4. The number of nitrogens with zero attached hydrogens (tertiary/aromatic N) is 10. The molecule has 7 aromatic rings. The summed E-state index contributed by atoms with van der Waals surface area (Å²) in [5.41, 5.74) is 6.57. The van der Waals surface area contributed by atoms with Gasteiger partial charge in [-0.2, -0.15) is 8.42 Å². The maximum absolute atomic E-state index is 12.0. The second kappa shape index (κ2) is 34.1. The average Bonchev–Trinajstić information content (AvgIpc) is 1.51. The predicted molar refractivity (Wildman–Crippen MR) is 350 cm³/mol. The second-order valence-electron chi connectivity index (χ2n) is 20.7. The lowest BCUT2D eigenvalue weighted by Gasteiger charge is -2.22. The zero-order valence-electron chi connectivity index (χ0n) is 55.2. The first-order valence-electron chi connectivity index (χ1n) is 28.4. The largest absolute Gasteiger partial charge is 0.425 e. The van der Waals surface area contributed by atoms with Crippen LogP contribution in [-0.2, 0) is 78.3 Å². The average molecular weight is 1360 g/mol. The van der Waals surface area contributed by atoms with Gasteiger partial charge in [-0.25, -0.2) is 9.97 Å². The molecule has 2 heterocycles. The van der Waals surface area contributed by atoms with E-state index in [1.165, 1.54) is 144 Å². The molecule has 0 fully saturated rings. The van der Waals surface area contributed by atoms with Gasteiger partial charge in [-0.05, 0) is 103 Å². The minimum Gasteiger partial charge on any atom is -0.282 e. The fourth-order valence-electron chi connectivity index (χ4n) is 9.80.